The Morgan fingerprint density at radius 2 is 1.73 bits per heavy atom. The highest BCUT2D eigenvalue weighted by molar-refractivity contribution is 6.31. The molecule has 3 nitrogen and oxygen atoms in total. The van der Waals surface area contributed by atoms with Crippen molar-refractivity contribution in [3.05, 3.63) is 70.7 Å². The lowest BCUT2D eigenvalue weighted by molar-refractivity contribution is 0.165. The molecule has 0 bridgehead atoms. The molecule has 2 amide bonds. The van der Waals surface area contributed by atoms with Crippen molar-refractivity contribution < 1.29 is 4.79 Å². The quantitative estimate of drug-likeness (QED) is 0.621. The van der Waals surface area contributed by atoms with Crippen molar-refractivity contribution in [2.75, 3.05) is 6.54 Å². The third-order valence-corrected chi connectivity index (χ3v) is 5.39. The number of nitrogens with zero attached hydrogens (tertiary/aromatic N) is 1. The lowest BCUT2D eigenvalue weighted by Gasteiger charge is -2.36. The number of halogens is 1. The number of carbonyl (C=O) groups excluding carboxylic acids is 1. The Morgan fingerprint density at radius 3 is 2.31 bits per heavy atom. The average Bonchev–Trinajstić information content (AvgIpc) is 2.66. The maximum absolute atomic E-state index is 13.2. The van der Waals surface area contributed by atoms with Crippen molar-refractivity contribution in [1.29, 1.82) is 0 Å². The van der Waals surface area contributed by atoms with Crippen molar-refractivity contribution in [3.8, 4) is 0 Å². The van der Waals surface area contributed by atoms with E-state index in [-0.39, 0.29) is 12.1 Å². The Hall–Kier alpha value is -2.00. The number of amides is 2. The third-order valence-electron chi connectivity index (χ3n) is 5.05. The molecule has 2 atom stereocenters. The number of hydrogen-bond donors (Lipinski definition) is 1. The zero-order chi connectivity index (χ0) is 19.2. The Kier molecular flexibility index (Phi) is 7.10. The summed E-state index contributed by atoms with van der Waals surface area (Å²) in [6.45, 7) is 8.95. The molecular weight excluding hydrogens is 344 g/mol. The lowest BCUT2D eigenvalue weighted by atomic mass is 9.89. The SMILES string of the molecule is CCCN(C(=O)NC(C)(CC)c1ccccc1)C(C)c1ccccc1Cl. The van der Waals surface area contributed by atoms with Crippen LogP contribution in [0.1, 0.15) is 57.7 Å². The average molecular weight is 373 g/mol. The fourth-order valence-corrected chi connectivity index (χ4v) is 3.47. The van der Waals surface area contributed by atoms with Crippen LogP contribution in [0.2, 0.25) is 5.02 Å². The van der Waals surface area contributed by atoms with E-state index in [9.17, 15) is 4.79 Å². The molecule has 0 radical (unpaired) electrons. The molecule has 0 fully saturated rings. The molecule has 2 rings (SSSR count). The van der Waals surface area contributed by atoms with E-state index in [2.05, 4.69) is 38.2 Å². The Balaban J connectivity index is 2.26. The molecule has 0 aliphatic rings. The van der Waals surface area contributed by atoms with Crippen LogP contribution in [0.4, 0.5) is 4.79 Å². The second-order valence-electron chi connectivity index (χ2n) is 6.87. The molecule has 26 heavy (non-hydrogen) atoms. The molecule has 0 aliphatic heterocycles. The van der Waals surface area contributed by atoms with Gasteiger partial charge in [-0.1, -0.05) is 74.0 Å². The maximum atomic E-state index is 13.2. The van der Waals surface area contributed by atoms with Gasteiger partial charge in [-0.2, -0.15) is 0 Å². The number of nitrogens with one attached hydrogen (secondary N) is 1. The third kappa shape index (κ3) is 4.59. The number of hydrogen-bond acceptors (Lipinski definition) is 1. The van der Waals surface area contributed by atoms with Gasteiger partial charge in [-0.25, -0.2) is 4.79 Å². The first-order chi connectivity index (χ1) is 12.4. The molecule has 0 aliphatic carbocycles. The van der Waals surface area contributed by atoms with Crippen LogP contribution < -0.4 is 5.32 Å². The van der Waals surface area contributed by atoms with Crippen LogP contribution in [0.25, 0.3) is 0 Å². The molecule has 2 aromatic carbocycles. The van der Waals surface area contributed by atoms with Gasteiger partial charge < -0.3 is 10.2 Å². The zero-order valence-electron chi connectivity index (χ0n) is 16.1. The highest BCUT2D eigenvalue weighted by Crippen LogP contribution is 2.29. The molecule has 140 valence electrons. The van der Waals surface area contributed by atoms with Crippen molar-refractivity contribution in [1.82, 2.24) is 10.2 Å². The van der Waals surface area contributed by atoms with Crippen LogP contribution in [-0.2, 0) is 5.54 Å². The molecule has 0 saturated carbocycles. The van der Waals surface area contributed by atoms with Gasteiger partial charge in [-0.3, -0.25) is 0 Å². The minimum absolute atomic E-state index is 0.0625. The monoisotopic (exact) mass is 372 g/mol. The van der Waals surface area contributed by atoms with E-state index in [0.717, 1.165) is 24.0 Å². The van der Waals surface area contributed by atoms with Gasteiger partial charge in [0.2, 0.25) is 0 Å². The normalized spacial score (nSPS) is 14.3. The second-order valence-corrected chi connectivity index (χ2v) is 7.28. The lowest BCUT2D eigenvalue weighted by Crippen LogP contribution is -2.50. The Bertz CT molecular complexity index is 719. The van der Waals surface area contributed by atoms with Crippen LogP contribution in [0.3, 0.4) is 0 Å². The second kappa shape index (κ2) is 9.09. The number of rotatable bonds is 7. The topological polar surface area (TPSA) is 32.3 Å². The molecule has 0 saturated heterocycles. The molecule has 0 heterocycles. The smallest absolute Gasteiger partial charge is 0.318 e. The van der Waals surface area contributed by atoms with E-state index < -0.39 is 5.54 Å². The summed E-state index contributed by atoms with van der Waals surface area (Å²) in [5, 5.41) is 3.95. The highest BCUT2D eigenvalue weighted by atomic mass is 35.5. The predicted molar refractivity (Wildman–Crippen MR) is 109 cm³/mol. The van der Waals surface area contributed by atoms with Crippen LogP contribution in [0.5, 0.6) is 0 Å². The van der Waals surface area contributed by atoms with E-state index >= 15 is 0 Å². The van der Waals surface area contributed by atoms with Crippen molar-refractivity contribution >= 4 is 17.6 Å². The zero-order valence-corrected chi connectivity index (χ0v) is 16.9. The minimum atomic E-state index is -0.412. The molecule has 2 unspecified atom stereocenters. The largest absolute Gasteiger partial charge is 0.329 e. The summed E-state index contributed by atoms with van der Waals surface area (Å²) < 4.78 is 0. The summed E-state index contributed by atoms with van der Waals surface area (Å²) in [7, 11) is 0. The van der Waals surface area contributed by atoms with Gasteiger partial charge in [0.1, 0.15) is 0 Å². The van der Waals surface area contributed by atoms with Crippen LogP contribution in [0.15, 0.2) is 54.6 Å². The van der Waals surface area contributed by atoms with Crippen LogP contribution in [-0.4, -0.2) is 17.5 Å². The molecular formula is C22H29ClN2O. The Labute approximate surface area is 162 Å². The van der Waals surface area contributed by atoms with E-state index in [1.165, 1.54) is 0 Å². The number of urea groups is 1. The maximum Gasteiger partial charge on any atom is 0.318 e. The summed E-state index contributed by atoms with van der Waals surface area (Å²) in [6, 6.07) is 17.7. The molecule has 4 heteroatoms. The van der Waals surface area contributed by atoms with Crippen LogP contribution >= 0.6 is 11.6 Å². The summed E-state index contributed by atoms with van der Waals surface area (Å²) in [6.07, 6.45) is 1.69. The summed E-state index contributed by atoms with van der Waals surface area (Å²) in [4.78, 5) is 15.1. The van der Waals surface area contributed by atoms with Gasteiger partial charge in [0.05, 0.1) is 11.6 Å². The molecule has 2 aromatic rings. The highest BCUT2D eigenvalue weighted by Gasteiger charge is 2.30. The molecule has 0 aromatic heterocycles. The van der Waals surface area contributed by atoms with Gasteiger partial charge in [-0.15, -0.1) is 0 Å². The van der Waals surface area contributed by atoms with Crippen molar-refractivity contribution in [2.24, 2.45) is 0 Å². The van der Waals surface area contributed by atoms with E-state index in [1.54, 1.807) is 0 Å². The first-order valence-electron chi connectivity index (χ1n) is 9.31. The van der Waals surface area contributed by atoms with Gasteiger partial charge in [-0.05, 0) is 43.9 Å². The van der Waals surface area contributed by atoms with Gasteiger partial charge >= 0.3 is 6.03 Å². The fraction of sp³-hybridized carbons (Fsp3) is 0.409. The van der Waals surface area contributed by atoms with E-state index in [0.29, 0.717) is 11.6 Å². The first kappa shape index (κ1) is 20.3. The molecule has 0 spiro atoms. The van der Waals surface area contributed by atoms with Gasteiger partial charge in [0, 0.05) is 11.6 Å². The predicted octanol–water partition coefficient (Wildman–Crippen LogP) is 6.15. The number of carbonyl (C=O) groups is 1. The minimum Gasteiger partial charge on any atom is -0.329 e. The van der Waals surface area contributed by atoms with E-state index in [1.807, 2.05) is 54.3 Å². The fourth-order valence-electron chi connectivity index (χ4n) is 3.17. The number of benzene rings is 2. The summed E-state index contributed by atoms with van der Waals surface area (Å²) >= 11 is 6.37. The summed E-state index contributed by atoms with van der Waals surface area (Å²) in [5.41, 5.74) is 1.67. The van der Waals surface area contributed by atoms with Gasteiger partial charge in [0.25, 0.3) is 0 Å². The Morgan fingerprint density at radius 1 is 1.12 bits per heavy atom. The first-order valence-corrected chi connectivity index (χ1v) is 9.69. The standard InChI is InChI=1S/C22H29ClN2O/c1-5-16-25(17(3)19-14-10-11-15-20(19)23)21(26)24-22(4,6-2)18-12-8-7-9-13-18/h7-15,17H,5-6,16H2,1-4H3,(H,24,26). The van der Waals surface area contributed by atoms with E-state index in [4.69, 9.17) is 11.6 Å². The van der Waals surface area contributed by atoms with Gasteiger partial charge in [0.15, 0.2) is 0 Å². The molecule has 1 N–H and O–H groups in total. The van der Waals surface area contributed by atoms with Crippen LogP contribution in [0, 0.1) is 0 Å². The van der Waals surface area contributed by atoms with Crippen molar-refractivity contribution in [3.63, 3.8) is 0 Å². The summed E-state index contributed by atoms with van der Waals surface area (Å²) in [5.74, 6) is 0. The van der Waals surface area contributed by atoms with Crippen molar-refractivity contribution in [2.45, 2.75) is 52.1 Å².